The van der Waals surface area contributed by atoms with E-state index in [0.717, 1.165) is 31.4 Å². The summed E-state index contributed by atoms with van der Waals surface area (Å²) in [5, 5.41) is 11.6. The second kappa shape index (κ2) is 11.7. The summed E-state index contributed by atoms with van der Waals surface area (Å²) < 4.78 is 31.1. The number of benzene rings is 2. The lowest BCUT2D eigenvalue weighted by Crippen LogP contribution is -2.35. The summed E-state index contributed by atoms with van der Waals surface area (Å²) in [5.41, 5.74) is 3.10. The number of morpholine rings is 1. The minimum absolute atomic E-state index is 0. The average molecular weight is 547 g/mol. The van der Waals surface area contributed by atoms with Crippen LogP contribution in [0.25, 0.3) is 10.9 Å². The number of ether oxygens (including phenoxy) is 3. The van der Waals surface area contributed by atoms with Crippen LogP contribution in [0.2, 0.25) is 0 Å². The number of hydrogen-bond donors (Lipinski definition) is 1. The second-order valence-corrected chi connectivity index (χ2v) is 9.61. The van der Waals surface area contributed by atoms with Gasteiger partial charge in [-0.1, -0.05) is 0 Å². The Bertz CT molecular complexity index is 1340. The van der Waals surface area contributed by atoms with E-state index in [1.54, 1.807) is 32.2 Å². The maximum absolute atomic E-state index is 13.5. The third-order valence-corrected chi connectivity index (χ3v) is 7.38. The van der Waals surface area contributed by atoms with Gasteiger partial charge in [-0.05, 0) is 61.7 Å². The Labute approximate surface area is 225 Å². The molecule has 0 bridgehead atoms. The molecular weight excluding hydrogens is 516 g/mol. The number of rotatable bonds is 8. The second-order valence-electron chi connectivity index (χ2n) is 9.03. The molecule has 2 aromatic carbocycles. The molecule has 37 heavy (non-hydrogen) atoms. The quantitative estimate of drug-likeness (QED) is 0.260. The zero-order valence-corrected chi connectivity index (χ0v) is 22.5. The molecule has 1 aliphatic carbocycles. The van der Waals surface area contributed by atoms with Gasteiger partial charge in [0.25, 0.3) is 0 Å². The Morgan fingerprint density at radius 2 is 1.84 bits per heavy atom. The number of phenolic OH excluding ortho intramolecular Hbond substituents is 1. The van der Waals surface area contributed by atoms with Crippen molar-refractivity contribution in [3.8, 4) is 11.5 Å². The summed E-state index contributed by atoms with van der Waals surface area (Å²) in [7, 11) is 1.59. The normalized spacial score (nSPS) is 15.7. The molecule has 1 N–H and O–H groups in total. The number of aromatic nitrogens is 1. The first-order valence-corrected chi connectivity index (χ1v) is 13.0. The number of esters is 1. The third kappa shape index (κ3) is 5.27. The van der Waals surface area contributed by atoms with E-state index in [0.29, 0.717) is 69.4 Å². The molecule has 1 saturated carbocycles. The topological polar surface area (TPSA) is 90.2 Å². The van der Waals surface area contributed by atoms with Gasteiger partial charge in [0.15, 0.2) is 0 Å². The fourth-order valence-electron chi connectivity index (χ4n) is 4.91. The molecule has 0 amide bonds. The Balaban J connectivity index is 0.00000320. The molecule has 2 aliphatic rings. The van der Waals surface area contributed by atoms with E-state index in [1.165, 1.54) is 0 Å². The van der Waals surface area contributed by atoms with Crippen LogP contribution in [-0.4, -0.2) is 69.6 Å². The summed E-state index contributed by atoms with van der Waals surface area (Å²) >= 11 is 0.367. The van der Waals surface area contributed by atoms with Gasteiger partial charge >= 0.3 is 5.97 Å². The lowest BCUT2D eigenvalue weighted by Gasteiger charge is -2.27. The average Bonchev–Trinajstić information content (AvgIpc) is 3.68. The van der Waals surface area contributed by atoms with E-state index in [-0.39, 0.29) is 30.8 Å². The van der Waals surface area contributed by atoms with Gasteiger partial charge in [0, 0.05) is 36.6 Å². The molecule has 2 heterocycles. The van der Waals surface area contributed by atoms with Crippen molar-refractivity contribution in [2.45, 2.75) is 32.4 Å². The van der Waals surface area contributed by atoms with Gasteiger partial charge in [-0.15, -0.1) is 12.4 Å². The molecular formula is C27H31ClN2O6S. The smallest absolute Gasteiger partial charge is 0.341 e. The molecule has 1 aliphatic heterocycles. The monoisotopic (exact) mass is 546 g/mol. The van der Waals surface area contributed by atoms with Crippen molar-refractivity contribution in [3.05, 3.63) is 58.8 Å². The molecule has 198 valence electrons. The maximum Gasteiger partial charge on any atom is 0.341 e. The van der Waals surface area contributed by atoms with E-state index in [1.807, 2.05) is 18.2 Å². The third-order valence-electron chi connectivity index (χ3n) is 6.78. The van der Waals surface area contributed by atoms with Crippen LogP contribution in [0, 0.1) is 0 Å². The van der Waals surface area contributed by atoms with Gasteiger partial charge < -0.3 is 23.9 Å². The number of aromatic hydroxyl groups is 1. The summed E-state index contributed by atoms with van der Waals surface area (Å²) in [6.07, 6.45) is 1.91. The molecule has 0 atom stereocenters. The molecule has 10 heteroatoms. The van der Waals surface area contributed by atoms with E-state index < -0.39 is 5.97 Å². The lowest BCUT2D eigenvalue weighted by atomic mass is 10.00. The molecule has 0 unspecified atom stereocenters. The van der Waals surface area contributed by atoms with Crippen molar-refractivity contribution in [1.29, 1.82) is 0 Å². The number of carbonyl (C=O) groups is 1. The standard InChI is InChI=1S/C27H30N2O6S.ClH/c1-3-35-27(31)24-23-20(16-28-12-14-34-15-13-28)22(30)11-10-21(23)29(18-6-7-18)25(24)26(36-32)17-4-8-19(33-2)9-5-17;/h4-5,8-11,18,30H,3,6-7,12-16H2,1-2H3;1H. The summed E-state index contributed by atoms with van der Waals surface area (Å²) in [4.78, 5) is 16.2. The molecule has 1 saturated heterocycles. The van der Waals surface area contributed by atoms with Gasteiger partial charge in [-0.25, -0.2) is 9.00 Å². The minimum atomic E-state index is -0.495. The largest absolute Gasteiger partial charge is 0.508 e. The number of methoxy groups -OCH3 is 1. The van der Waals surface area contributed by atoms with E-state index in [4.69, 9.17) is 14.2 Å². The van der Waals surface area contributed by atoms with Crippen LogP contribution in [0.5, 0.6) is 11.5 Å². The maximum atomic E-state index is 13.5. The van der Waals surface area contributed by atoms with E-state index >= 15 is 0 Å². The van der Waals surface area contributed by atoms with Crippen molar-refractivity contribution in [3.63, 3.8) is 0 Å². The Hall–Kier alpha value is -2.85. The number of nitrogens with zero attached hydrogens (tertiary/aromatic N) is 2. The minimum Gasteiger partial charge on any atom is -0.508 e. The molecule has 3 aromatic rings. The number of phenols is 1. The number of carbonyl (C=O) groups excluding carboxylic acids is 1. The first kappa shape index (κ1) is 27.2. The summed E-state index contributed by atoms with van der Waals surface area (Å²) in [6.45, 7) is 5.15. The predicted molar refractivity (Wildman–Crippen MR) is 146 cm³/mol. The highest BCUT2D eigenvalue weighted by atomic mass is 35.5. The fourth-order valence-corrected chi connectivity index (χ4v) is 5.42. The van der Waals surface area contributed by atoms with E-state index in [9.17, 15) is 14.1 Å². The summed E-state index contributed by atoms with van der Waals surface area (Å²) in [6, 6.07) is 11.0. The van der Waals surface area contributed by atoms with Gasteiger partial charge in [0.05, 0.1) is 59.8 Å². The Morgan fingerprint density at radius 3 is 2.43 bits per heavy atom. The van der Waals surface area contributed by atoms with Crippen molar-refractivity contribution in [1.82, 2.24) is 9.47 Å². The fraction of sp³-hybridized carbons (Fsp3) is 0.407. The zero-order valence-electron chi connectivity index (χ0n) is 20.9. The number of fused-ring (bicyclic) bond motifs is 1. The predicted octanol–water partition coefficient (Wildman–Crippen LogP) is 3.90. The number of halogens is 1. The highest BCUT2D eigenvalue weighted by Gasteiger charge is 2.36. The van der Waals surface area contributed by atoms with Crippen molar-refractivity contribution < 1.29 is 28.3 Å². The number of hydrogen-bond acceptors (Lipinski definition) is 7. The van der Waals surface area contributed by atoms with Crippen LogP contribution in [0.4, 0.5) is 0 Å². The molecule has 5 rings (SSSR count). The van der Waals surface area contributed by atoms with Crippen LogP contribution in [0.15, 0.2) is 36.4 Å². The van der Waals surface area contributed by atoms with Crippen molar-refractivity contribution in [2.75, 3.05) is 40.0 Å². The molecule has 2 fully saturated rings. The molecule has 8 nitrogen and oxygen atoms in total. The lowest BCUT2D eigenvalue weighted by molar-refractivity contribution is 0.0340. The zero-order chi connectivity index (χ0) is 25.2. The van der Waals surface area contributed by atoms with Crippen LogP contribution >= 0.6 is 12.4 Å². The Kier molecular flexibility index (Phi) is 8.59. The van der Waals surface area contributed by atoms with Gasteiger partial charge in [0.1, 0.15) is 11.5 Å². The summed E-state index contributed by atoms with van der Waals surface area (Å²) in [5.74, 6) is 0.311. The van der Waals surface area contributed by atoms with Gasteiger partial charge in [-0.2, -0.15) is 0 Å². The first-order chi connectivity index (χ1) is 17.6. The highest BCUT2D eigenvalue weighted by molar-refractivity contribution is 7.67. The first-order valence-electron chi connectivity index (χ1n) is 12.2. The van der Waals surface area contributed by atoms with Gasteiger partial charge in [-0.3, -0.25) is 4.90 Å². The van der Waals surface area contributed by atoms with Crippen LogP contribution in [0.1, 0.15) is 53.0 Å². The van der Waals surface area contributed by atoms with Crippen molar-refractivity contribution in [2.24, 2.45) is 0 Å². The van der Waals surface area contributed by atoms with Crippen LogP contribution in [0.3, 0.4) is 0 Å². The van der Waals surface area contributed by atoms with Gasteiger partial charge in [0.2, 0.25) is 0 Å². The molecule has 0 radical (unpaired) electrons. The molecule has 1 aromatic heterocycles. The SMILES string of the molecule is CCOC(=O)c1c(C(=S=O)c2ccc(OC)cc2)n(C2CC2)c2ccc(O)c(CN3CCOCC3)c12.Cl. The molecule has 0 spiro atoms. The Morgan fingerprint density at radius 1 is 1.14 bits per heavy atom. The highest BCUT2D eigenvalue weighted by Crippen LogP contribution is 2.44. The van der Waals surface area contributed by atoms with Crippen LogP contribution in [-0.2, 0) is 27.3 Å². The van der Waals surface area contributed by atoms with Crippen LogP contribution < -0.4 is 4.74 Å². The van der Waals surface area contributed by atoms with E-state index in [2.05, 4.69) is 9.47 Å². The van der Waals surface area contributed by atoms with Crippen molar-refractivity contribution >= 4 is 45.4 Å².